The minimum absolute atomic E-state index is 0.0115. The summed E-state index contributed by atoms with van der Waals surface area (Å²) in [6, 6.07) is 14.0. The molecule has 0 spiro atoms. The molecule has 162 valence electrons. The van der Waals surface area contributed by atoms with Gasteiger partial charge in [0.2, 0.25) is 0 Å². The van der Waals surface area contributed by atoms with Crippen LogP contribution in [-0.2, 0) is 9.09 Å². The first-order chi connectivity index (χ1) is 14.1. The summed E-state index contributed by atoms with van der Waals surface area (Å²) < 4.78 is 21.4. The molecule has 1 aliphatic rings. The highest BCUT2D eigenvalue weighted by Gasteiger charge is 2.40. The Morgan fingerprint density at radius 1 is 1.07 bits per heavy atom. The van der Waals surface area contributed by atoms with E-state index in [2.05, 4.69) is 60.3 Å². The molecule has 0 aromatic heterocycles. The molecular weight excluding hydrogens is 387 g/mol. The molecule has 1 aliphatic carbocycles. The Hall–Kier alpha value is -1.63. The topological polar surface area (TPSA) is 26.3 Å². The molecule has 1 fully saturated rings. The summed E-state index contributed by atoms with van der Waals surface area (Å²) in [7, 11) is -3.32. The van der Waals surface area contributed by atoms with E-state index in [4.69, 9.17) is 4.52 Å². The van der Waals surface area contributed by atoms with E-state index in [1.807, 2.05) is 30.3 Å². The molecule has 0 aliphatic heterocycles. The van der Waals surface area contributed by atoms with E-state index in [0.717, 1.165) is 34.8 Å². The zero-order chi connectivity index (χ0) is 22.1. The van der Waals surface area contributed by atoms with Gasteiger partial charge in [-0.15, -0.1) is 0 Å². The van der Waals surface area contributed by atoms with Crippen LogP contribution >= 0.6 is 7.37 Å². The van der Waals surface area contributed by atoms with Crippen molar-refractivity contribution in [2.45, 2.75) is 66.9 Å². The number of benzene rings is 2. The summed E-state index contributed by atoms with van der Waals surface area (Å²) in [5, 5.41) is 1.37. The third-order valence-electron chi connectivity index (χ3n) is 6.66. The van der Waals surface area contributed by atoms with Gasteiger partial charge in [0.05, 0.1) is 6.10 Å². The van der Waals surface area contributed by atoms with Crippen molar-refractivity contribution in [3.63, 3.8) is 0 Å². The maximum Gasteiger partial charge on any atom is 0.261 e. The number of rotatable bonds is 6. The lowest BCUT2D eigenvalue weighted by Gasteiger charge is -2.39. The number of aryl methyl sites for hydroxylation is 3. The van der Waals surface area contributed by atoms with Gasteiger partial charge in [-0.05, 0) is 80.2 Å². The van der Waals surface area contributed by atoms with Gasteiger partial charge >= 0.3 is 0 Å². The molecule has 2 nitrogen and oxygen atoms in total. The minimum atomic E-state index is -3.32. The van der Waals surface area contributed by atoms with E-state index >= 15 is 0 Å². The smallest absolute Gasteiger partial charge is 0.261 e. The number of hydrogen-bond donors (Lipinski definition) is 0. The van der Waals surface area contributed by atoms with Crippen molar-refractivity contribution < 1.29 is 9.09 Å². The van der Waals surface area contributed by atoms with Crippen LogP contribution in [0.5, 0.6) is 0 Å². The van der Waals surface area contributed by atoms with Crippen LogP contribution in [0.1, 0.15) is 62.3 Å². The first-order valence-electron chi connectivity index (χ1n) is 11.2. The van der Waals surface area contributed by atoms with Crippen molar-refractivity contribution >= 4 is 18.0 Å². The zero-order valence-corrected chi connectivity index (χ0v) is 20.3. The van der Waals surface area contributed by atoms with Crippen molar-refractivity contribution in [2.75, 3.05) is 0 Å². The largest absolute Gasteiger partial charge is 0.318 e. The third kappa shape index (κ3) is 4.66. The predicted molar refractivity (Wildman–Crippen MR) is 130 cm³/mol. The summed E-state index contributed by atoms with van der Waals surface area (Å²) >= 11 is 0. The van der Waals surface area contributed by atoms with Crippen LogP contribution in [0, 0.1) is 38.5 Å². The Labute approximate surface area is 183 Å². The molecule has 0 heterocycles. The summed E-state index contributed by atoms with van der Waals surface area (Å²) in [4.78, 5) is 0. The lowest BCUT2D eigenvalue weighted by Crippen LogP contribution is -2.34. The molecule has 4 atom stereocenters. The molecular formula is C27H37O2P. The Kier molecular flexibility index (Phi) is 7.10. The maximum absolute atomic E-state index is 14.7. The summed E-state index contributed by atoms with van der Waals surface area (Å²) in [5.41, 5.74) is 4.40. The van der Waals surface area contributed by atoms with Gasteiger partial charge in [-0.2, -0.15) is 0 Å². The lowest BCUT2D eigenvalue weighted by atomic mass is 9.75. The fourth-order valence-electron chi connectivity index (χ4n) is 5.11. The predicted octanol–water partition coefficient (Wildman–Crippen LogP) is 7.66. The molecule has 2 aromatic rings. The molecule has 0 amide bonds. The Bertz CT molecular complexity index is 922. The Morgan fingerprint density at radius 2 is 1.67 bits per heavy atom. The first-order valence-corrected chi connectivity index (χ1v) is 12.9. The van der Waals surface area contributed by atoms with Crippen LogP contribution in [0.4, 0.5) is 0 Å². The van der Waals surface area contributed by atoms with Gasteiger partial charge in [0, 0.05) is 10.6 Å². The maximum atomic E-state index is 14.7. The normalized spacial score (nSPS) is 23.9. The van der Waals surface area contributed by atoms with E-state index < -0.39 is 7.37 Å². The van der Waals surface area contributed by atoms with Gasteiger partial charge in [-0.3, -0.25) is 4.57 Å². The highest BCUT2D eigenvalue weighted by Crippen LogP contribution is 2.61. The van der Waals surface area contributed by atoms with Crippen LogP contribution in [0.2, 0.25) is 0 Å². The molecule has 2 aromatic carbocycles. The summed E-state index contributed by atoms with van der Waals surface area (Å²) in [6.07, 6.45) is 3.30. The van der Waals surface area contributed by atoms with Crippen molar-refractivity contribution in [3.8, 4) is 0 Å². The van der Waals surface area contributed by atoms with Crippen LogP contribution in [-0.4, -0.2) is 6.10 Å². The quantitative estimate of drug-likeness (QED) is 0.445. The minimum Gasteiger partial charge on any atom is -0.318 e. The lowest BCUT2D eigenvalue weighted by molar-refractivity contribution is 0.0516. The van der Waals surface area contributed by atoms with E-state index in [-0.39, 0.29) is 6.10 Å². The van der Waals surface area contributed by atoms with Gasteiger partial charge < -0.3 is 4.52 Å². The first kappa shape index (κ1) is 23.0. The van der Waals surface area contributed by atoms with Crippen molar-refractivity contribution in [3.05, 3.63) is 71.3 Å². The molecule has 30 heavy (non-hydrogen) atoms. The summed E-state index contributed by atoms with van der Waals surface area (Å²) in [6.45, 7) is 17.4. The standard InChI is InChI=1S/C27H37O2P/c1-18(2)25-14-13-19(3)17-26(25)29-30(28,24-11-9-8-10-12-24)23(7)27-21(5)15-20(4)16-22(27)6/h8-12,15-16,18-19,25-26H,7,13-14,17H2,1-6H3/t19-,25+,26-,30-/m1/s1. The molecule has 0 radical (unpaired) electrons. The zero-order valence-electron chi connectivity index (χ0n) is 19.4. The van der Waals surface area contributed by atoms with Crippen molar-refractivity contribution in [1.29, 1.82) is 0 Å². The summed E-state index contributed by atoms with van der Waals surface area (Å²) in [5.74, 6) is 1.51. The van der Waals surface area contributed by atoms with Crippen molar-refractivity contribution in [1.82, 2.24) is 0 Å². The Balaban J connectivity index is 2.09. The van der Waals surface area contributed by atoms with Crippen LogP contribution in [0.3, 0.4) is 0 Å². The third-order valence-corrected chi connectivity index (χ3v) is 9.14. The monoisotopic (exact) mass is 424 g/mol. The molecule has 1 saturated carbocycles. The highest BCUT2D eigenvalue weighted by molar-refractivity contribution is 7.76. The van der Waals surface area contributed by atoms with E-state index in [9.17, 15) is 4.57 Å². The van der Waals surface area contributed by atoms with Gasteiger partial charge in [-0.1, -0.05) is 69.7 Å². The van der Waals surface area contributed by atoms with Crippen molar-refractivity contribution in [2.24, 2.45) is 17.8 Å². The molecule has 0 unspecified atom stereocenters. The van der Waals surface area contributed by atoms with Crippen LogP contribution < -0.4 is 5.30 Å². The average Bonchev–Trinajstić information content (AvgIpc) is 2.67. The fraction of sp³-hybridized carbons (Fsp3) is 0.481. The van der Waals surface area contributed by atoms with Crippen LogP contribution in [0.25, 0.3) is 5.31 Å². The molecule has 0 saturated heterocycles. The highest BCUT2D eigenvalue weighted by atomic mass is 31.2. The van der Waals surface area contributed by atoms with E-state index in [0.29, 0.717) is 23.1 Å². The molecule has 3 heteroatoms. The van der Waals surface area contributed by atoms with Crippen LogP contribution in [0.15, 0.2) is 49.0 Å². The van der Waals surface area contributed by atoms with Gasteiger partial charge in [0.15, 0.2) is 0 Å². The molecule has 0 bridgehead atoms. The SMILES string of the molecule is C=C(c1c(C)cc(C)cc1C)[P@@](=O)(O[C@@H]1C[C@H](C)CC[C@H]1C(C)C)c1ccccc1. The van der Waals surface area contributed by atoms with E-state index in [1.54, 1.807) is 0 Å². The Morgan fingerprint density at radius 3 is 2.23 bits per heavy atom. The second kappa shape index (κ2) is 9.25. The fourth-order valence-corrected chi connectivity index (χ4v) is 7.51. The second-order valence-corrected chi connectivity index (χ2v) is 11.9. The second-order valence-electron chi connectivity index (χ2n) is 9.58. The number of hydrogen-bond acceptors (Lipinski definition) is 2. The van der Waals surface area contributed by atoms with Gasteiger partial charge in [-0.25, -0.2) is 0 Å². The van der Waals surface area contributed by atoms with Gasteiger partial charge in [0.1, 0.15) is 0 Å². The molecule has 0 N–H and O–H groups in total. The van der Waals surface area contributed by atoms with Gasteiger partial charge in [0.25, 0.3) is 7.37 Å². The molecule has 3 rings (SSSR count). The average molecular weight is 425 g/mol. The van der Waals surface area contributed by atoms with E-state index in [1.165, 1.54) is 12.0 Å².